The Hall–Kier alpha value is -3.48. The summed E-state index contributed by atoms with van der Waals surface area (Å²) in [7, 11) is 0. The molecule has 0 aliphatic carbocycles. The maximum absolute atomic E-state index is 13.8. The Labute approximate surface area is 146 Å². The number of furan rings is 1. The predicted octanol–water partition coefficient (Wildman–Crippen LogP) is 3.23. The lowest BCUT2D eigenvalue weighted by Crippen LogP contribution is -2.27. The number of halogens is 1. The van der Waals surface area contributed by atoms with Crippen LogP contribution in [0.15, 0.2) is 58.0 Å². The topological polar surface area (TPSA) is 77.1 Å². The number of benzene rings is 2. The normalized spacial score (nSPS) is 11.2. The van der Waals surface area contributed by atoms with Crippen molar-refractivity contribution in [2.45, 2.75) is 13.5 Å². The van der Waals surface area contributed by atoms with Crippen LogP contribution in [-0.4, -0.2) is 15.5 Å². The number of aromatic nitrogens is 2. The number of nitrogens with one attached hydrogen (secondary N) is 1. The van der Waals surface area contributed by atoms with Crippen LogP contribution in [0.25, 0.3) is 22.1 Å². The van der Waals surface area contributed by atoms with Crippen molar-refractivity contribution in [3.05, 3.63) is 70.5 Å². The number of hydrogen-bond acceptors (Lipinski definition) is 4. The van der Waals surface area contributed by atoms with Gasteiger partial charge in [-0.1, -0.05) is 18.2 Å². The van der Waals surface area contributed by atoms with E-state index in [1.54, 1.807) is 25.1 Å². The summed E-state index contributed by atoms with van der Waals surface area (Å²) >= 11 is 0. The Morgan fingerprint density at radius 2 is 2.08 bits per heavy atom. The summed E-state index contributed by atoms with van der Waals surface area (Å²) in [5.74, 6) is -1.07. The minimum absolute atomic E-state index is 0.0702. The SMILES string of the molecule is Cc1ccc(F)c(NC(=O)Cn2cnc3c(oc4ccccc43)c2=O)c1. The van der Waals surface area contributed by atoms with E-state index in [2.05, 4.69) is 10.3 Å². The summed E-state index contributed by atoms with van der Waals surface area (Å²) in [6.45, 7) is 1.49. The van der Waals surface area contributed by atoms with Crippen molar-refractivity contribution in [3.63, 3.8) is 0 Å². The molecule has 7 heteroatoms. The van der Waals surface area contributed by atoms with E-state index < -0.39 is 17.3 Å². The van der Waals surface area contributed by atoms with Crippen LogP contribution in [0.3, 0.4) is 0 Å². The molecule has 26 heavy (non-hydrogen) atoms. The molecule has 0 aliphatic heterocycles. The molecule has 130 valence electrons. The van der Waals surface area contributed by atoms with Crippen molar-refractivity contribution in [2.75, 3.05) is 5.32 Å². The lowest BCUT2D eigenvalue weighted by molar-refractivity contribution is -0.116. The zero-order valence-electron chi connectivity index (χ0n) is 13.8. The molecule has 1 amide bonds. The number of amides is 1. The molecule has 0 radical (unpaired) electrons. The summed E-state index contributed by atoms with van der Waals surface area (Å²) in [6.07, 6.45) is 1.29. The first-order valence-electron chi connectivity index (χ1n) is 7.95. The summed E-state index contributed by atoms with van der Waals surface area (Å²) < 4.78 is 20.5. The molecule has 1 N–H and O–H groups in total. The third-order valence-corrected chi connectivity index (χ3v) is 4.06. The van der Waals surface area contributed by atoms with Crippen LogP contribution in [0.1, 0.15) is 5.56 Å². The molecule has 0 saturated carbocycles. The molecule has 2 aromatic heterocycles. The highest BCUT2D eigenvalue weighted by Crippen LogP contribution is 2.24. The lowest BCUT2D eigenvalue weighted by Gasteiger charge is -2.08. The fraction of sp³-hybridized carbons (Fsp3) is 0.105. The second-order valence-electron chi connectivity index (χ2n) is 5.99. The van der Waals surface area contributed by atoms with Crippen molar-refractivity contribution in [1.29, 1.82) is 0 Å². The first-order valence-corrected chi connectivity index (χ1v) is 7.95. The highest BCUT2D eigenvalue weighted by Gasteiger charge is 2.15. The van der Waals surface area contributed by atoms with E-state index in [0.717, 1.165) is 15.5 Å². The number of carbonyl (C=O) groups excluding carboxylic acids is 1. The molecule has 4 aromatic rings. The molecule has 0 bridgehead atoms. The quantitative estimate of drug-likeness (QED) is 0.615. The van der Waals surface area contributed by atoms with Gasteiger partial charge in [0.05, 0.1) is 12.0 Å². The first-order chi connectivity index (χ1) is 12.5. The molecule has 0 fully saturated rings. The number of anilines is 1. The molecule has 0 saturated heterocycles. The minimum Gasteiger partial charge on any atom is -0.448 e. The van der Waals surface area contributed by atoms with E-state index >= 15 is 0 Å². The van der Waals surface area contributed by atoms with Gasteiger partial charge in [0.1, 0.15) is 23.5 Å². The van der Waals surface area contributed by atoms with Crippen LogP contribution in [-0.2, 0) is 11.3 Å². The molecule has 0 atom stereocenters. The molecule has 0 unspecified atom stereocenters. The highest BCUT2D eigenvalue weighted by atomic mass is 19.1. The highest BCUT2D eigenvalue weighted by molar-refractivity contribution is 6.01. The maximum Gasteiger partial charge on any atom is 0.297 e. The molecule has 0 aliphatic rings. The van der Waals surface area contributed by atoms with Gasteiger partial charge in [0, 0.05) is 5.39 Å². The fourth-order valence-electron chi connectivity index (χ4n) is 2.81. The average Bonchev–Trinajstić information content (AvgIpc) is 3.00. The number of fused-ring (bicyclic) bond motifs is 3. The predicted molar refractivity (Wildman–Crippen MR) is 95.5 cm³/mol. The number of rotatable bonds is 3. The second-order valence-corrected chi connectivity index (χ2v) is 5.99. The Morgan fingerprint density at radius 3 is 2.92 bits per heavy atom. The molecule has 4 rings (SSSR count). The van der Waals surface area contributed by atoms with Crippen molar-refractivity contribution in [1.82, 2.24) is 9.55 Å². The number of para-hydroxylation sites is 1. The number of aryl methyl sites for hydroxylation is 1. The number of carbonyl (C=O) groups is 1. The zero-order chi connectivity index (χ0) is 18.3. The van der Waals surface area contributed by atoms with Gasteiger partial charge in [-0.2, -0.15) is 0 Å². The number of nitrogens with zero attached hydrogens (tertiary/aromatic N) is 2. The first kappa shape index (κ1) is 16.0. The van der Waals surface area contributed by atoms with E-state index in [1.165, 1.54) is 18.5 Å². The van der Waals surface area contributed by atoms with E-state index in [0.29, 0.717) is 11.1 Å². The van der Waals surface area contributed by atoms with Gasteiger partial charge in [0.15, 0.2) is 0 Å². The Bertz CT molecular complexity index is 1210. The van der Waals surface area contributed by atoms with Crippen molar-refractivity contribution < 1.29 is 13.6 Å². The lowest BCUT2D eigenvalue weighted by atomic mass is 10.2. The van der Waals surface area contributed by atoms with Crippen LogP contribution in [0, 0.1) is 12.7 Å². The zero-order valence-corrected chi connectivity index (χ0v) is 13.8. The van der Waals surface area contributed by atoms with Gasteiger partial charge in [0.25, 0.3) is 5.56 Å². The van der Waals surface area contributed by atoms with Crippen molar-refractivity contribution >= 4 is 33.7 Å². The second kappa shape index (κ2) is 6.11. The van der Waals surface area contributed by atoms with E-state index in [4.69, 9.17) is 4.42 Å². The third kappa shape index (κ3) is 2.73. The standard InChI is InChI=1S/C19H14FN3O3/c1-11-6-7-13(20)14(8-11)22-16(24)9-23-10-21-17-12-4-2-3-5-15(12)26-18(17)19(23)25/h2-8,10H,9H2,1H3,(H,22,24). The van der Waals surface area contributed by atoms with Crippen LogP contribution >= 0.6 is 0 Å². The maximum atomic E-state index is 13.8. The van der Waals surface area contributed by atoms with Gasteiger partial charge in [-0.25, -0.2) is 9.37 Å². The smallest absolute Gasteiger partial charge is 0.297 e. The van der Waals surface area contributed by atoms with Crippen molar-refractivity contribution in [3.8, 4) is 0 Å². The van der Waals surface area contributed by atoms with Crippen LogP contribution in [0.4, 0.5) is 10.1 Å². The summed E-state index contributed by atoms with van der Waals surface area (Å²) in [5.41, 5.74) is 1.50. The molecule has 0 spiro atoms. The van der Waals surface area contributed by atoms with Crippen LogP contribution in [0.5, 0.6) is 0 Å². The molecule has 6 nitrogen and oxygen atoms in total. The minimum atomic E-state index is -0.540. The fourth-order valence-corrected chi connectivity index (χ4v) is 2.81. The summed E-state index contributed by atoms with van der Waals surface area (Å²) in [6, 6.07) is 11.6. The van der Waals surface area contributed by atoms with Gasteiger partial charge >= 0.3 is 0 Å². The summed E-state index contributed by atoms with van der Waals surface area (Å²) in [4.78, 5) is 29.0. The number of hydrogen-bond donors (Lipinski definition) is 1. The Morgan fingerprint density at radius 1 is 1.27 bits per heavy atom. The summed E-state index contributed by atoms with van der Waals surface area (Å²) in [5, 5.41) is 3.20. The van der Waals surface area contributed by atoms with E-state index in [9.17, 15) is 14.0 Å². The van der Waals surface area contributed by atoms with Gasteiger partial charge in [-0.05, 0) is 36.8 Å². The molecule has 2 heterocycles. The molecular formula is C19H14FN3O3. The Balaban J connectivity index is 1.65. The van der Waals surface area contributed by atoms with E-state index in [-0.39, 0.29) is 17.8 Å². The Kier molecular flexibility index (Phi) is 3.76. The monoisotopic (exact) mass is 351 g/mol. The van der Waals surface area contributed by atoms with E-state index in [1.807, 2.05) is 12.1 Å². The largest absolute Gasteiger partial charge is 0.448 e. The van der Waals surface area contributed by atoms with Gasteiger partial charge < -0.3 is 9.73 Å². The van der Waals surface area contributed by atoms with Gasteiger partial charge in [0.2, 0.25) is 11.5 Å². The molecule has 2 aromatic carbocycles. The van der Waals surface area contributed by atoms with Gasteiger partial charge in [-0.15, -0.1) is 0 Å². The van der Waals surface area contributed by atoms with Crippen LogP contribution in [0.2, 0.25) is 0 Å². The third-order valence-electron chi connectivity index (χ3n) is 4.06. The average molecular weight is 351 g/mol. The van der Waals surface area contributed by atoms with Gasteiger partial charge in [-0.3, -0.25) is 14.2 Å². The molecular weight excluding hydrogens is 337 g/mol. The van der Waals surface area contributed by atoms with Crippen LogP contribution < -0.4 is 10.9 Å². The van der Waals surface area contributed by atoms with Crippen molar-refractivity contribution in [2.24, 2.45) is 0 Å².